The molecule has 0 radical (unpaired) electrons. The lowest BCUT2D eigenvalue weighted by molar-refractivity contribution is -0.125. The zero-order chi connectivity index (χ0) is 18.7. The number of benzene rings is 2. The molecule has 0 aliphatic heterocycles. The SMILES string of the molecule is Cc1cccc(-c2nnc(SCC(=O)N(C)C)n2-c2ccc(Cl)cc2)c1. The van der Waals surface area contributed by atoms with Crippen molar-refractivity contribution in [1.29, 1.82) is 0 Å². The van der Waals surface area contributed by atoms with Crippen LogP contribution in [-0.2, 0) is 4.79 Å². The van der Waals surface area contributed by atoms with Gasteiger partial charge in [0.05, 0.1) is 5.75 Å². The van der Waals surface area contributed by atoms with Gasteiger partial charge in [0.2, 0.25) is 5.91 Å². The molecule has 1 heterocycles. The first-order chi connectivity index (χ1) is 12.5. The third kappa shape index (κ3) is 4.08. The van der Waals surface area contributed by atoms with Gasteiger partial charge in [0, 0.05) is 30.4 Å². The minimum atomic E-state index is 0.0257. The van der Waals surface area contributed by atoms with Crippen molar-refractivity contribution in [1.82, 2.24) is 19.7 Å². The fourth-order valence-electron chi connectivity index (χ4n) is 2.41. The van der Waals surface area contributed by atoms with Crippen LogP contribution in [0.3, 0.4) is 0 Å². The van der Waals surface area contributed by atoms with Crippen LogP contribution in [0.15, 0.2) is 53.7 Å². The molecule has 134 valence electrons. The molecule has 0 atom stereocenters. The number of aromatic nitrogens is 3. The third-order valence-electron chi connectivity index (χ3n) is 3.82. The Morgan fingerprint density at radius 1 is 1.15 bits per heavy atom. The normalized spacial score (nSPS) is 10.8. The molecule has 0 N–H and O–H groups in total. The summed E-state index contributed by atoms with van der Waals surface area (Å²) in [7, 11) is 3.48. The Morgan fingerprint density at radius 3 is 2.54 bits per heavy atom. The summed E-state index contributed by atoms with van der Waals surface area (Å²) in [6, 6.07) is 15.6. The Labute approximate surface area is 162 Å². The Morgan fingerprint density at radius 2 is 1.88 bits per heavy atom. The fourth-order valence-corrected chi connectivity index (χ4v) is 3.47. The van der Waals surface area contributed by atoms with Gasteiger partial charge in [-0.1, -0.05) is 47.1 Å². The molecule has 5 nitrogen and oxygen atoms in total. The number of nitrogens with zero attached hydrogens (tertiary/aromatic N) is 4. The summed E-state index contributed by atoms with van der Waals surface area (Å²) in [5.74, 6) is 1.06. The summed E-state index contributed by atoms with van der Waals surface area (Å²) >= 11 is 7.40. The molecule has 0 spiro atoms. The number of halogens is 1. The van der Waals surface area contributed by atoms with E-state index in [0.717, 1.165) is 22.6 Å². The monoisotopic (exact) mass is 386 g/mol. The zero-order valence-electron chi connectivity index (χ0n) is 14.8. The van der Waals surface area contributed by atoms with E-state index in [2.05, 4.69) is 16.3 Å². The molecule has 2 aromatic carbocycles. The Hall–Kier alpha value is -2.31. The molecule has 0 saturated carbocycles. The largest absolute Gasteiger partial charge is 0.348 e. The minimum absolute atomic E-state index is 0.0257. The molecule has 1 amide bonds. The third-order valence-corrected chi connectivity index (χ3v) is 4.98. The molecule has 0 fully saturated rings. The van der Waals surface area contributed by atoms with Crippen LogP contribution in [0, 0.1) is 6.92 Å². The zero-order valence-corrected chi connectivity index (χ0v) is 16.4. The van der Waals surface area contributed by atoms with E-state index in [1.54, 1.807) is 19.0 Å². The highest BCUT2D eigenvalue weighted by molar-refractivity contribution is 7.99. The van der Waals surface area contributed by atoms with E-state index in [0.29, 0.717) is 15.9 Å². The second kappa shape index (κ2) is 7.93. The van der Waals surface area contributed by atoms with Gasteiger partial charge in [0.1, 0.15) is 0 Å². The highest BCUT2D eigenvalue weighted by Gasteiger charge is 2.17. The topological polar surface area (TPSA) is 51.0 Å². The molecule has 1 aromatic heterocycles. The Balaban J connectivity index is 2.05. The van der Waals surface area contributed by atoms with Crippen molar-refractivity contribution in [3.05, 3.63) is 59.1 Å². The maximum absolute atomic E-state index is 12.0. The summed E-state index contributed by atoms with van der Waals surface area (Å²) in [5, 5.41) is 10.0. The van der Waals surface area contributed by atoms with E-state index in [-0.39, 0.29) is 5.91 Å². The van der Waals surface area contributed by atoms with Gasteiger partial charge >= 0.3 is 0 Å². The fraction of sp³-hybridized carbons (Fsp3) is 0.211. The molecular weight excluding hydrogens is 368 g/mol. The smallest absolute Gasteiger partial charge is 0.232 e. The summed E-state index contributed by atoms with van der Waals surface area (Å²) in [6.07, 6.45) is 0. The lowest BCUT2D eigenvalue weighted by atomic mass is 10.1. The van der Waals surface area contributed by atoms with Gasteiger partial charge in [-0.05, 0) is 37.3 Å². The first-order valence-corrected chi connectivity index (χ1v) is 9.43. The van der Waals surface area contributed by atoms with Crippen molar-refractivity contribution in [3.8, 4) is 17.1 Å². The van der Waals surface area contributed by atoms with Gasteiger partial charge < -0.3 is 4.90 Å². The first kappa shape index (κ1) is 18.5. The van der Waals surface area contributed by atoms with E-state index in [4.69, 9.17) is 11.6 Å². The quantitative estimate of drug-likeness (QED) is 0.620. The van der Waals surface area contributed by atoms with Crippen LogP contribution in [-0.4, -0.2) is 45.4 Å². The van der Waals surface area contributed by atoms with Crippen molar-refractivity contribution in [2.75, 3.05) is 19.8 Å². The standard InChI is InChI=1S/C19H19ClN4OS/c1-13-5-4-6-14(11-13)18-21-22-19(26-12-17(25)23(2)3)24(18)16-9-7-15(20)8-10-16/h4-11H,12H2,1-3H3. The molecule has 3 aromatic rings. The maximum Gasteiger partial charge on any atom is 0.232 e. The minimum Gasteiger partial charge on any atom is -0.348 e. The van der Waals surface area contributed by atoms with Crippen LogP contribution in [0.5, 0.6) is 0 Å². The van der Waals surface area contributed by atoms with Gasteiger partial charge in [0.15, 0.2) is 11.0 Å². The number of aryl methyl sites for hydroxylation is 1. The van der Waals surface area contributed by atoms with Crippen LogP contribution < -0.4 is 0 Å². The second-order valence-corrected chi connectivity index (χ2v) is 7.44. The van der Waals surface area contributed by atoms with Crippen molar-refractivity contribution in [2.24, 2.45) is 0 Å². The first-order valence-electron chi connectivity index (χ1n) is 8.07. The highest BCUT2D eigenvalue weighted by Crippen LogP contribution is 2.29. The van der Waals surface area contributed by atoms with Crippen LogP contribution in [0.2, 0.25) is 5.02 Å². The number of hydrogen-bond acceptors (Lipinski definition) is 4. The van der Waals surface area contributed by atoms with E-state index in [1.165, 1.54) is 11.8 Å². The van der Waals surface area contributed by atoms with Crippen molar-refractivity contribution >= 4 is 29.3 Å². The average Bonchev–Trinajstić information content (AvgIpc) is 3.04. The molecule has 7 heteroatoms. The van der Waals surface area contributed by atoms with E-state index < -0.39 is 0 Å². The Kier molecular flexibility index (Phi) is 5.64. The number of thioether (sulfide) groups is 1. The lowest BCUT2D eigenvalue weighted by Crippen LogP contribution is -2.23. The molecule has 0 unspecified atom stereocenters. The predicted octanol–water partition coefficient (Wildman–Crippen LogP) is 4.08. The van der Waals surface area contributed by atoms with Crippen LogP contribution >= 0.6 is 23.4 Å². The number of carbonyl (C=O) groups is 1. The van der Waals surface area contributed by atoms with Gasteiger partial charge in [-0.3, -0.25) is 9.36 Å². The van der Waals surface area contributed by atoms with Gasteiger partial charge in [-0.2, -0.15) is 0 Å². The van der Waals surface area contributed by atoms with Crippen LogP contribution in [0.4, 0.5) is 0 Å². The average molecular weight is 387 g/mol. The Bertz CT molecular complexity index is 922. The molecular formula is C19H19ClN4OS. The number of hydrogen-bond donors (Lipinski definition) is 0. The summed E-state index contributed by atoms with van der Waals surface area (Å²) < 4.78 is 1.96. The number of amides is 1. The summed E-state index contributed by atoms with van der Waals surface area (Å²) in [6.45, 7) is 2.04. The van der Waals surface area contributed by atoms with E-state index >= 15 is 0 Å². The van der Waals surface area contributed by atoms with Gasteiger partial charge in [0.25, 0.3) is 0 Å². The highest BCUT2D eigenvalue weighted by atomic mass is 35.5. The summed E-state index contributed by atoms with van der Waals surface area (Å²) in [4.78, 5) is 13.5. The van der Waals surface area contributed by atoms with Crippen molar-refractivity contribution < 1.29 is 4.79 Å². The van der Waals surface area contributed by atoms with Crippen LogP contribution in [0.1, 0.15) is 5.56 Å². The molecule has 0 bridgehead atoms. The second-order valence-electron chi connectivity index (χ2n) is 6.06. The van der Waals surface area contributed by atoms with Gasteiger partial charge in [-0.15, -0.1) is 10.2 Å². The van der Waals surface area contributed by atoms with Crippen molar-refractivity contribution in [3.63, 3.8) is 0 Å². The molecule has 26 heavy (non-hydrogen) atoms. The van der Waals surface area contributed by atoms with Gasteiger partial charge in [-0.25, -0.2) is 0 Å². The molecule has 3 rings (SSSR count). The van der Waals surface area contributed by atoms with Crippen molar-refractivity contribution in [2.45, 2.75) is 12.1 Å². The van der Waals surface area contributed by atoms with Crippen LogP contribution in [0.25, 0.3) is 17.1 Å². The number of carbonyl (C=O) groups excluding carboxylic acids is 1. The maximum atomic E-state index is 12.0. The predicted molar refractivity (Wildman–Crippen MR) is 106 cm³/mol. The number of rotatable bonds is 5. The molecule has 0 aliphatic rings. The summed E-state index contributed by atoms with van der Waals surface area (Å²) in [5.41, 5.74) is 3.01. The lowest BCUT2D eigenvalue weighted by Gasteiger charge is -2.12. The van der Waals surface area contributed by atoms with E-state index in [9.17, 15) is 4.79 Å². The molecule has 0 saturated heterocycles. The molecule has 0 aliphatic carbocycles. The van der Waals surface area contributed by atoms with E-state index in [1.807, 2.05) is 54.0 Å².